The van der Waals surface area contributed by atoms with Gasteiger partial charge >= 0.3 is 0 Å². The zero-order chi connectivity index (χ0) is 14.8. The normalized spacial score (nSPS) is 10.6. The number of nitrogens with one attached hydrogen (secondary N) is 1. The van der Waals surface area contributed by atoms with Crippen LogP contribution < -0.4 is 5.32 Å². The van der Waals surface area contributed by atoms with Crippen LogP contribution in [0.3, 0.4) is 0 Å². The Morgan fingerprint density at radius 3 is 2.71 bits per heavy atom. The summed E-state index contributed by atoms with van der Waals surface area (Å²) < 4.78 is 2.76. The van der Waals surface area contributed by atoms with Crippen LogP contribution in [0.1, 0.15) is 15.2 Å². The van der Waals surface area contributed by atoms with Gasteiger partial charge in [0.15, 0.2) is 0 Å². The number of aryl methyl sites for hydroxylation is 1. The Morgan fingerprint density at radius 2 is 2.05 bits per heavy atom. The van der Waals surface area contributed by atoms with E-state index in [9.17, 15) is 4.79 Å². The summed E-state index contributed by atoms with van der Waals surface area (Å²) in [7, 11) is 0. The van der Waals surface area contributed by atoms with Crippen molar-refractivity contribution < 1.29 is 4.79 Å². The second-order valence-electron chi connectivity index (χ2n) is 4.44. The summed E-state index contributed by atoms with van der Waals surface area (Å²) in [6.45, 7) is 1.96. The van der Waals surface area contributed by atoms with Crippen molar-refractivity contribution in [2.45, 2.75) is 6.92 Å². The van der Waals surface area contributed by atoms with Gasteiger partial charge in [-0.05, 0) is 52.7 Å². The number of benzene rings is 1. The highest BCUT2D eigenvalue weighted by Gasteiger charge is 2.11. The Morgan fingerprint density at radius 1 is 1.29 bits per heavy atom. The lowest BCUT2D eigenvalue weighted by molar-refractivity contribution is 0.103. The number of thiophene rings is 1. The third-order valence-electron chi connectivity index (χ3n) is 2.90. The van der Waals surface area contributed by atoms with Crippen LogP contribution in [-0.2, 0) is 0 Å². The van der Waals surface area contributed by atoms with E-state index in [1.165, 1.54) is 11.3 Å². The highest BCUT2D eigenvalue weighted by molar-refractivity contribution is 9.11. The minimum Gasteiger partial charge on any atom is -0.321 e. The smallest absolute Gasteiger partial charge is 0.265 e. The van der Waals surface area contributed by atoms with Gasteiger partial charge in [-0.1, -0.05) is 6.07 Å². The Balaban J connectivity index is 1.82. The van der Waals surface area contributed by atoms with E-state index in [0.717, 1.165) is 20.7 Å². The number of nitrogens with zero attached hydrogens (tertiary/aromatic N) is 3. The molecule has 2 heterocycles. The number of hydrogen-bond donors (Lipinski definition) is 1. The number of aromatic nitrogens is 3. The molecule has 0 aliphatic heterocycles. The van der Waals surface area contributed by atoms with Crippen LogP contribution in [0.5, 0.6) is 0 Å². The van der Waals surface area contributed by atoms with E-state index in [0.29, 0.717) is 4.88 Å². The fourth-order valence-electron chi connectivity index (χ4n) is 1.84. The van der Waals surface area contributed by atoms with Crippen LogP contribution in [0, 0.1) is 6.92 Å². The minimum absolute atomic E-state index is 0.116. The molecule has 0 aliphatic rings. The molecule has 0 atom stereocenters. The summed E-state index contributed by atoms with van der Waals surface area (Å²) in [5, 5.41) is 10.4. The van der Waals surface area contributed by atoms with Gasteiger partial charge in [-0.2, -0.15) is 0 Å². The van der Waals surface area contributed by atoms with E-state index < -0.39 is 0 Å². The van der Waals surface area contributed by atoms with Gasteiger partial charge in [0.1, 0.15) is 12.7 Å². The SMILES string of the molecule is Cc1cc(C(=O)Nc2cccc(-n3cnnc3)c2)sc1Br. The summed E-state index contributed by atoms with van der Waals surface area (Å²) in [5.41, 5.74) is 2.68. The molecule has 0 unspecified atom stereocenters. The van der Waals surface area contributed by atoms with Crippen LogP contribution >= 0.6 is 27.3 Å². The molecule has 0 saturated carbocycles. The van der Waals surface area contributed by atoms with Gasteiger partial charge in [0, 0.05) is 5.69 Å². The highest BCUT2D eigenvalue weighted by atomic mass is 79.9. The lowest BCUT2D eigenvalue weighted by Crippen LogP contribution is -2.10. The van der Waals surface area contributed by atoms with Crippen LogP contribution in [0.2, 0.25) is 0 Å². The molecule has 3 rings (SSSR count). The summed E-state index contributed by atoms with van der Waals surface area (Å²) in [5.74, 6) is -0.116. The van der Waals surface area contributed by atoms with Gasteiger partial charge in [-0.25, -0.2) is 0 Å². The number of amides is 1. The summed E-state index contributed by atoms with van der Waals surface area (Å²) >= 11 is 4.85. The van der Waals surface area contributed by atoms with Gasteiger partial charge in [0.05, 0.1) is 14.4 Å². The zero-order valence-electron chi connectivity index (χ0n) is 11.1. The van der Waals surface area contributed by atoms with E-state index in [1.807, 2.05) is 37.3 Å². The largest absolute Gasteiger partial charge is 0.321 e. The fraction of sp³-hybridized carbons (Fsp3) is 0.0714. The van der Waals surface area contributed by atoms with Crippen molar-refractivity contribution in [2.24, 2.45) is 0 Å². The zero-order valence-corrected chi connectivity index (χ0v) is 13.5. The van der Waals surface area contributed by atoms with E-state index in [1.54, 1.807) is 17.2 Å². The predicted molar refractivity (Wildman–Crippen MR) is 86.1 cm³/mol. The van der Waals surface area contributed by atoms with Gasteiger partial charge in [-0.15, -0.1) is 21.5 Å². The second kappa shape index (κ2) is 5.79. The van der Waals surface area contributed by atoms with Gasteiger partial charge in [0.2, 0.25) is 0 Å². The Hall–Kier alpha value is -1.99. The molecule has 0 fully saturated rings. The molecule has 106 valence electrons. The molecule has 1 N–H and O–H groups in total. The lowest BCUT2D eigenvalue weighted by atomic mass is 10.2. The molecule has 0 radical (unpaired) electrons. The first-order valence-electron chi connectivity index (χ1n) is 6.16. The molecule has 0 spiro atoms. The fourth-order valence-corrected chi connectivity index (χ4v) is 3.27. The molecule has 3 aromatic rings. The van der Waals surface area contributed by atoms with Gasteiger partial charge in [-0.3, -0.25) is 9.36 Å². The van der Waals surface area contributed by atoms with Crippen molar-refractivity contribution in [1.82, 2.24) is 14.8 Å². The third-order valence-corrected chi connectivity index (χ3v) is 5.04. The molecular formula is C14H11BrN4OS. The monoisotopic (exact) mass is 362 g/mol. The maximum absolute atomic E-state index is 12.2. The van der Waals surface area contributed by atoms with E-state index in [4.69, 9.17) is 0 Å². The van der Waals surface area contributed by atoms with Crippen LogP contribution in [0.25, 0.3) is 5.69 Å². The number of rotatable bonds is 3. The average Bonchev–Trinajstić information content (AvgIpc) is 3.10. The van der Waals surface area contributed by atoms with E-state index in [2.05, 4.69) is 31.4 Å². The molecule has 7 heteroatoms. The summed E-state index contributed by atoms with van der Waals surface area (Å²) in [4.78, 5) is 12.9. The first kappa shape index (κ1) is 14.0. The van der Waals surface area contributed by atoms with Crippen molar-refractivity contribution in [3.63, 3.8) is 0 Å². The molecule has 0 aliphatic carbocycles. The highest BCUT2D eigenvalue weighted by Crippen LogP contribution is 2.28. The molecule has 2 aromatic heterocycles. The van der Waals surface area contributed by atoms with Crippen molar-refractivity contribution in [1.29, 1.82) is 0 Å². The first-order chi connectivity index (χ1) is 10.1. The van der Waals surface area contributed by atoms with Crippen molar-refractivity contribution in [3.05, 3.63) is 57.2 Å². The molecule has 0 bridgehead atoms. The van der Waals surface area contributed by atoms with Crippen LogP contribution in [-0.4, -0.2) is 20.7 Å². The molecule has 21 heavy (non-hydrogen) atoms. The number of carbonyl (C=O) groups is 1. The van der Waals surface area contributed by atoms with Gasteiger partial charge < -0.3 is 5.32 Å². The first-order valence-corrected chi connectivity index (χ1v) is 7.77. The Labute approximate surface area is 133 Å². The number of hydrogen-bond acceptors (Lipinski definition) is 4. The maximum atomic E-state index is 12.2. The lowest BCUT2D eigenvalue weighted by Gasteiger charge is -2.06. The van der Waals surface area contributed by atoms with Crippen molar-refractivity contribution >= 4 is 38.9 Å². The van der Waals surface area contributed by atoms with Crippen LogP contribution in [0.4, 0.5) is 5.69 Å². The van der Waals surface area contributed by atoms with Crippen molar-refractivity contribution in [3.8, 4) is 5.69 Å². The number of anilines is 1. The number of halogens is 1. The average molecular weight is 363 g/mol. The molecular weight excluding hydrogens is 352 g/mol. The summed E-state index contributed by atoms with van der Waals surface area (Å²) in [6.07, 6.45) is 3.22. The topological polar surface area (TPSA) is 59.8 Å². The van der Waals surface area contributed by atoms with Crippen LogP contribution in [0.15, 0.2) is 46.8 Å². The molecule has 1 amide bonds. The summed E-state index contributed by atoms with van der Waals surface area (Å²) in [6, 6.07) is 9.39. The van der Waals surface area contributed by atoms with Crippen molar-refractivity contribution in [2.75, 3.05) is 5.32 Å². The third kappa shape index (κ3) is 3.03. The second-order valence-corrected chi connectivity index (χ2v) is 6.81. The minimum atomic E-state index is -0.116. The van der Waals surface area contributed by atoms with Gasteiger partial charge in [0.25, 0.3) is 5.91 Å². The van der Waals surface area contributed by atoms with E-state index >= 15 is 0 Å². The Kier molecular flexibility index (Phi) is 3.85. The molecule has 5 nitrogen and oxygen atoms in total. The predicted octanol–water partition coefficient (Wildman–Crippen LogP) is 3.65. The number of carbonyl (C=O) groups excluding carboxylic acids is 1. The van der Waals surface area contributed by atoms with E-state index in [-0.39, 0.29) is 5.91 Å². The standard InChI is InChI=1S/C14H11BrN4OS/c1-9-5-12(21-13(9)15)14(20)18-10-3-2-4-11(6-10)19-7-16-17-8-19/h2-8H,1H3,(H,18,20). The quantitative estimate of drug-likeness (QED) is 0.773. The molecule has 0 saturated heterocycles. The Bertz CT molecular complexity index is 763. The molecule has 1 aromatic carbocycles. The maximum Gasteiger partial charge on any atom is 0.265 e.